The number of rotatable bonds is 5. The van der Waals surface area contributed by atoms with Crippen molar-refractivity contribution in [2.24, 2.45) is 0 Å². The predicted octanol–water partition coefficient (Wildman–Crippen LogP) is 2.74. The molecule has 0 fully saturated rings. The first-order chi connectivity index (χ1) is 9.94. The average molecular weight is 295 g/mol. The van der Waals surface area contributed by atoms with Gasteiger partial charge in [0, 0.05) is 17.4 Å². The molecule has 2 rings (SSSR count). The van der Waals surface area contributed by atoms with E-state index in [2.05, 4.69) is 15.2 Å². The van der Waals surface area contributed by atoms with Crippen LogP contribution in [0.5, 0.6) is 5.75 Å². The van der Waals surface area contributed by atoms with Gasteiger partial charge >= 0.3 is 6.61 Å². The lowest BCUT2D eigenvalue weighted by atomic mass is 10.3. The molecule has 5 nitrogen and oxygen atoms in total. The number of hydrogen-bond acceptors (Lipinski definition) is 3. The summed E-state index contributed by atoms with van der Waals surface area (Å²) in [6, 6.07) is 7.71. The van der Waals surface area contributed by atoms with Crippen LogP contribution in [-0.4, -0.2) is 22.3 Å². The molecule has 1 amide bonds. The van der Waals surface area contributed by atoms with E-state index in [-0.39, 0.29) is 18.2 Å². The minimum absolute atomic E-state index is 0.00564. The quantitative estimate of drug-likeness (QED) is 0.922. The van der Waals surface area contributed by atoms with Crippen LogP contribution in [0, 0.1) is 13.8 Å². The molecule has 0 aliphatic heterocycles. The topological polar surface area (TPSA) is 56.2 Å². The van der Waals surface area contributed by atoms with Gasteiger partial charge in [0.2, 0.25) is 5.91 Å². The third-order valence-corrected chi connectivity index (χ3v) is 2.74. The number of carbonyl (C=O) groups excluding carboxylic acids is 1. The summed E-state index contributed by atoms with van der Waals surface area (Å²) in [7, 11) is 0. The first kappa shape index (κ1) is 15.0. The van der Waals surface area contributed by atoms with E-state index < -0.39 is 6.61 Å². The van der Waals surface area contributed by atoms with Crippen LogP contribution in [0.15, 0.2) is 30.3 Å². The van der Waals surface area contributed by atoms with Gasteiger partial charge < -0.3 is 10.1 Å². The largest absolute Gasteiger partial charge is 0.435 e. The molecule has 1 heterocycles. The number of anilines is 1. The van der Waals surface area contributed by atoms with Gasteiger partial charge in [-0.25, -0.2) is 0 Å². The van der Waals surface area contributed by atoms with Crippen molar-refractivity contribution < 1.29 is 18.3 Å². The van der Waals surface area contributed by atoms with Crippen molar-refractivity contribution in [1.82, 2.24) is 9.78 Å². The van der Waals surface area contributed by atoms with E-state index in [9.17, 15) is 13.6 Å². The first-order valence-corrected chi connectivity index (χ1v) is 6.30. The molecule has 0 atom stereocenters. The predicted molar refractivity (Wildman–Crippen MR) is 73.4 cm³/mol. The van der Waals surface area contributed by atoms with Crippen molar-refractivity contribution >= 4 is 11.6 Å². The molecule has 21 heavy (non-hydrogen) atoms. The molecule has 1 aromatic carbocycles. The Balaban J connectivity index is 2.01. The van der Waals surface area contributed by atoms with Crippen LogP contribution in [0.1, 0.15) is 11.4 Å². The number of nitrogens with zero attached hydrogens (tertiary/aromatic N) is 2. The molecule has 1 N–H and O–H groups in total. The Kier molecular flexibility index (Phi) is 4.52. The molecule has 7 heteroatoms. The van der Waals surface area contributed by atoms with Crippen LogP contribution < -0.4 is 10.1 Å². The maximum absolute atomic E-state index is 12.1. The lowest BCUT2D eigenvalue weighted by Gasteiger charge is -2.09. The fourth-order valence-electron chi connectivity index (χ4n) is 1.92. The van der Waals surface area contributed by atoms with Crippen LogP contribution in [-0.2, 0) is 11.3 Å². The summed E-state index contributed by atoms with van der Waals surface area (Å²) in [5, 5.41) is 6.80. The highest BCUT2D eigenvalue weighted by atomic mass is 19.3. The second kappa shape index (κ2) is 6.34. The van der Waals surface area contributed by atoms with Crippen molar-refractivity contribution in [3.05, 3.63) is 41.7 Å². The second-order valence-corrected chi connectivity index (χ2v) is 4.54. The molecule has 0 saturated carbocycles. The maximum Gasteiger partial charge on any atom is 0.387 e. The highest BCUT2D eigenvalue weighted by Gasteiger charge is 2.09. The van der Waals surface area contributed by atoms with Gasteiger partial charge in [0.25, 0.3) is 0 Å². The van der Waals surface area contributed by atoms with E-state index in [1.165, 1.54) is 18.2 Å². The highest BCUT2D eigenvalue weighted by Crippen LogP contribution is 2.19. The molecule has 0 aliphatic carbocycles. The van der Waals surface area contributed by atoms with E-state index >= 15 is 0 Å². The third kappa shape index (κ3) is 4.27. The zero-order valence-corrected chi connectivity index (χ0v) is 11.6. The zero-order valence-electron chi connectivity index (χ0n) is 11.6. The van der Waals surface area contributed by atoms with Gasteiger partial charge in [0.05, 0.1) is 5.69 Å². The molecule has 0 unspecified atom stereocenters. The van der Waals surface area contributed by atoms with Crippen LogP contribution in [0.4, 0.5) is 14.5 Å². The number of amides is 1. The van der Waals surface area contributed by atoms with E-state index in [0.717, 1.165) is 11.4 Å². The molecule has 2 aromatic rings. The Morgan fingerprint density at radius 2 is 2.14 bits per heavy atom. The first-order valence-electron chi connectivity index (χ1n) is 6.30. The smallest absolute Gasteiger partial charge is 0.387 e. The molecule has 1 aromatic heterocycles. The maximum atomic E-state index is 12.1. The minimum Gasteiger partial charge on any atom is -0.435 e. The molecule has 112 valence electrons. The summed E-state index contributed by atoms with van der Waals surface area (Å²) >= 11 is 0. The number of aryl methyl sites for hydroxylation is 2. The summed E-state index contributed by atoms with van der Waals surface area (Å²) in [6.45, 7) is 0.849. The Hall–Kier alpha value is -2.44. The summed E-state index contributed by atoms with van der Waals surface area (Å²) in [5.41, 5.74) is 2.09. The monoisotopic (exact) mass is 295 g/mol. The molecule has 0 radical (unpaired) electrons. The number of aromatic nitrogens is 2. The fourth-order valence-corrected chi connectivity index (χ4v) is 1.92. The van der Waals surface area contributed by atoms with E-state index in [1.807, 2.05) is 19.9 Å². The number of benzene rings is 1. The van der Waals surface area contributed by atoms with Gasteiger partial charge in [0.15, 0.2) is 0 Å². The third-order valence-electron chi connectivity index (χ3n) is 2.74. The zero-order chi connectivity index (χ0) is 15.4. The second-order valence-electron chi connectivity index (χ2n) is 4.54. The van der Waals surface area contributed by atoms with Crippen molar-refractivity contribution in [3.8, 4) is 5.75 Å². The van der Waals surface area contributed by atoms with Gasteiger partial charge in [-0.2, -0.15) is 13.9 Å². The van der Waals surface area contributed by atoms with E-state index in [0.29, 0.717) is 5.69 Å². The fraction of sp³-hybridized carbons (Fsp3) is 0.286. The van der Waals surface area contributed by atoms with Gasteiger partial charge in [0.1, 0.15) is 12.3 Å². The van der Waals surface area contributed by atoms with Crippen molar-refractivity contribution in [1.29, 1.82) is 0 Å². The average Bonchev–Trinajstić information content (AvgIpc) is 2.67. The molecule has 0 saturated heterocycles. The normalized spacial score (nSPS) is 10.7. The molecule has 0 spiro atoms. The number of nitrogens with one attached hydrogen (secondary N) is 1. The Labute approximate surface area is 120 Å². The number of alkyl halides is 2. The number of carbonyl (C=O) groups is 1. The molecule has 0 aliphatic rings. The van der Waals surface area contributed by atoms with Crippen LogP contribution in [0.3, 0.4) is 0 Å². The van der Waals surface area contributed by atoms with Crippen LogP contribution >= 0.6 is 0 Å². The number of ether oxygens (including phenoxy) is 1. The van der Waals surface area contributed by atoms with Crippen molar-refractivity contribution in [3.63, 3.8) is 0 Å². The number of halogens is 2. The lowest BCUT2D eigenvalue weighted by Crippen LogP contribution is -2.20. The van der Waals surface area contributed by atoms with Gasteiger partial charge in [-0.1, -0.05) is 6.07 Å². The standard InChI is InChI=1S/C14H15F2N3O2/c1-9-6-10(2)19(18-9)8-13(20)17-11-4-3-5-12(7-11)21-14(15)16/h3-7,14H,8H2,1-2H3,(H,17,20). The highest BCUT2D eigenvalue weighted by molar-refractivity contribution is 5.90. The lowest BCUT2D eigenvalue weighted by molar-refractivity contribution is -0.116. The van der Waals surface area contributed by atoms with Crippen LogP contribution in [0.2, 0.25) is 0 Å². The van der Waals surface area contributed by atoms with Gasteiger partial charge in [-0.3, -0.25) is 9.48 Å². The van der Waals surface area contributed by atoms with Crippen molar-refractivity contribution in [2.45, 2.75) is 27.0 Å². The summed E-state index contributed by atoms with van der Waals surface area (Å²) in [6.07, 6.45) is 0. The van der Waals surface area contributed by atoms with Crippen LogP contribution in [0.25, 0.3) is 0 Å². The minimum atomic E-state index is -2.90. The molecular formula is C14H15F2N3O2. The Morgan fingerprint density at radius 3 is 2.76 bits per heavy atom. The SMILES string of the molecule is Cc1cc(C)n(CC(=O)Nc2cccc(OC(F)F)c2)n1. The Bertz CT molecular complexity index is 641. The van der Waals surface area contributed by atoms with E-state index in [4.69, 9.17) is 0 Å². The number of hydrogen-bond donors (Lipinski definition) is 1. The van der Waals surface area contributed by atoms with Gasteiger partial charge in [-0.15, -0.1) is 0 Å². The molecule has 0 bridgehead atoms. The van der Waals surface area contributed by atoms with Gasteiger partial charge in [-0.05, 0) is 32.0 Å². The summed E-state index contributed by atoms with van der Waals surface area (Å²) in [4.78, 5) is 11.9. The van der Waals surface area contributed by atoms with E-state index in [1.54, 1.807) is 10.7 Å². The van der Waals surface area contributed by atoms with Crippen molar-refractivity contribution in [2.75, 3.05) is 5.32 Å². The molecular weight excluding hydrogens is 280 g/mol. The summed E-state index contributed by atoms with van der Waals surface area (Å²) in [5.74, 6) is -0.302. The summed E-state index contributed by atoms with van der Waals surface area (Å²) < 4.78 is 30.1. The Morgan fingerprint density at radius 1 is 1.38 bits per heavy atom.